The highest BCUT2D eigenvalue weighted by Crippen LogP contribution is 2.46. The van der Waals surface area contributed by atoms with Gasteiger partial charge in [-0.2, -0.15) is 0 Å². The molecule has 9 nitrogen and oxygen atoms in total. The molecule has 0 spiro atoms. The molecule has 0 aromatic heterocycles. The maximum atomic E-state index is 13.8. The monoisotopic (exact) mass is 479 g/mol. The summed E-state index contributed by atoms with van der Waals surface area (Å²) in [7, 11) is 0. The second-order valence-electron chi connectivity index (χ2n) is 9.77. The minimum absolute atomic E-state index is 0.0512. The van der Waals surface area contributed by atoms with Gasteiger partial charge >= 0.3 is 5.97 Å². The molecule has 2 heterocycles. The van der Waals surface area contributed by atoms with Crippen LogP contribution in [0.4, 0.5) is 0 Å². The number of nitrogens with one attached hydrogen (secondary N) is 1. The summed E-state index contributed by atoms with van der Waals surface area (Å²) < 4.78 is 10.7. The molecular formula is C25H41N3O6. The zero-order valence-electron chi connectivity index (χ0n) is 20.9. The van der Waals surface area contributed by atoms with Crippen molar-refractivity contribution in [1.29, 1.82) is 0 Å². The number of amides is 2. The number of allylic oxidation sites excluding steroid dienone is 1. The number of carbonyl (C=O) groups excluding carboxylic acids is 3. The minimum atomic E-state index is -0.771. The zero-order valence-corrected chi connectivity index (χ0v) is 20.9. The third kappa shape index (κ3) is 5.47. The van der Waals surface area contributed by atoms with E-state index >= 15 is 0 Å². The van der Waals surface area contributed by atoms with Crippen molar-refractivity contribution in [3.63, 3.8) is 0 Å². The Morgan fingerprint density at radius 2 is 1.94 bits per heavy atom. The first kappa shape index (κ1) is 26.6. The molecule has 2 saturated heterocycles. The van der Waals surface area contributed by atoms with Gasteiger partial charge in [-0.15, -0.1) is 0 Å². The zero-order chi connectivity index (χ0) is 24.8. The van der Waals surface area contributed by atoms with Crippen LogP contribution in [0.5, 0.6) is 0 Å². The molecule has 3 aliphatic rings. The van der Waals surface area contributed by atoms with Crippen LogP contribution >= 0.6 is 0 Å². The molecule has 2 N–H and O–H groups in total. The molecule has 0 radical (unpaired) electrons. The fraction of sp³-hybridized carbons (Fsp3) is 0.800. The van der Waals surface area contributed by atoms with Gasteiger partial charge in [0.15, 0.2) is 0 Å². The third-order valence-corrected chi connectivity index (χ3v) is 7.49. The molecule has 0 aromatic rings. The number of morpholine rings is 1. The van der Waals surface area contributed by atoms with Crippen LogP contribution in [0.2, 0.25) is 0 Å². The number of aliphatic hydroxyl groups excluding tert-OH is 1. The molecule has 0 aromatic carbocycles. The van der Waals surface area contributed by atoms with Crippen molar-refractivity contribution >= 4 is 17.8 Å². The Morgan fingerprint density at radius 3 is 2.53 bits per heavy atom. The highest BCUT2D eigenvalue weighted by Gasteiger charge is 2.59. The van der Waals surface area contributed by atoms with E-state index in [-0.39, 0.29) is 42.8 Å². The number of aliphatic hydroxyl groups is 1. The fourth-order valence-corrected chi connectivity index (χ4v) is 5.64. The molecule has 2 amide bonds. The lowest BCUT2D eigenvalue weighted by atomic mass is 9.69. The van der Waals surface area contributed by atoms with E-state index < -0.39 is 29.8 Å². The number of carbonyl (C=O) groups is 3. The number of rotatable bonds is 10. The van der Waals surface area contributed by atoms with Gasteiger partial charge in [-0.3, -0.25) is 19.3 Å². The van der Waals surface area contributed by atoms with Crippen LogP contribution in [0.15, 0.2) is 12.2 Å². The van der Waals surface area contributed by atoms with E-state index in [2.05, 4.69) is 10.2 Å². The van der Waals surface area contributed by atoms with Gasteiger partial charge in [0.05, 0.1) is 44.3 Å². The van der Waals surface area contributed by atoms with Crippen LogP contribution in [-0.2, 0) is 23.9 Å². The van der Waals surface area contributed by atoms with Gasteiger partial charge in [0.2, 0.25) is 11.8 Å². The highest BCUT2D eigenvalue weighted by atomic mass is 16.5. The van der Waals surface area contributed by atoms with E-state index in [1.165, 1.54) is 0 Å². The molecule has 34 heavy (non-hydrogen) atoms. The summed E-state index contributed by atoms with van der Waals surface area (Å²) in [5, 5.41) is 13.2. The molecule has 6 atom stereocenters. The summed E-state index contributed by atoms with van der Waals surface area (Å²) in [4.78, 5) is 44.1. The lowest BCUT2D eigenvalue weighted by Crippen LogP contribution is -2.54. The van der Waals surface area contributed by atoms with Crippen molar-refractivity contribution in [3.8, 4) is 0 Å². The molecule has 0 saturated carbocycles. The second kappa shape index (κ2) is 12.1. The standard InChI is InChI=1S/C25H41N3O6/c1-5-17-7-8-18-21(20(17)25(32)34-6-2)24(31)28(19(15-29)16(3)4)22(18)23(30)26-9-10-27-11-13-33-14-12-27/h7-8,16-22,29H,5-6,9-15H2,1-4H3,(H,26,30)/t17-,18+,19+,20-,21+,22+/m1/s1. The van der Waals surface area contributed by atoms with Crippen molar-refractivity contribution in [2.45, 2.75) is 46.2 Å². The van der Waals surface area contributed by atoms with Crippen LogP contribution in [-0.4, -0.2) is 97.4 Å². The molecule has 3 rings (SSSR count). The van der Waals surface area contributed by atoms with Crippen molar-refractivity contribution < 1.29 is 29.0 Å². The Bertz CT molecular complexity index is 751. The van der Waals surface area contributed by atoms with Gasteiger partial charge in [0.25, 0.3) is 0 Å². The maximum Gasteiger partial charge on any atom is 0.310 e. The fourth-order valence-electron chi connectivity index (χ4n) is 5.64. The molecule has 2 aliphatic heterocycles. The largest absolute Gasteiger partial charge is 0.466 e. The number of likely N-dealkylation sites (tertiary alicyclic amines) is 1. The summed E-state index contributed by atoms with van der Waals surface area (Å²) in [6.07, 6.45) is 4.60. The lowest BCUT2D eigenvalue weighted by Gasteiger charge is -2.35. The smallest absolute Gasteiger partial charge is 0.310 e. The number of hydrogen-bond acceptors (Lipinski definition) is 7. The predicted octanol–water partition coefficient (Wildman–Crippen LogP) is 0.670. The molecule has 9 heteroatoms. The third-order valence-electron chi connectivity index (χ3n) is 7.49. The topological polar surface area (TPSA) is 108 Å². The summed E-state index contributed by atoms with van der Waals surface area (Å²) >= 11 is 0. The quantitative estimate of drug-likeness (QED) is 0.350. The van der Waals surface area contributed by atoms with E-state index in [0.717, 1.165) is 13.1 Å². The Hall–Kier alpha value is -1.97. The highest BCUT2D eigenvalue weighted by molar-refractivity contribution is 5.96. The summed E-state index contributed by atoms with van der Waals surface area (Å²) in [6.45, 7) is 11.8. The normalized spacial score (nSPS) is 30.4. The summed E-state index contributed by atoms with van der Waals surface area (Å²) in [5.74, 6) is -2.79. The lowest BCUT2D eigenvalue weighted by molar-refractivity contribution is -0.156. The molecule has 1 aliphatic carbocycles. The number of hydrogen-bond donors (Lipinski definition) is 2. The molecule has 0 bridgehead atoms. The van der Waals surface area contributed by atoms with E-state index in [1.807, 2.05) is 32.9 Å². The van der Waals surface area contributed by atoms with Crippen molar-refractivity contribution in [2.24, 2.45) is 29.6 Å². The SMILES string of the molecule is CCOC(=O)[C@H]1[C@H]2C(=O)N([C@@H](CO)C(C)C)[C@H](C(=O)NCCN3CCOCC3)[C@H]2C=C[C@H]1CC. The average Bonchev–Trinajstić information content (AvgIpc) is 3.11. The minimum Gasteiger partial charge on any atom is -0.466 e. The summed E-state index contributed by atoms with van der Waals surface area (Å²) in [5.41, 5.74) is 0. The predicted molar refractivity (Wildman–Crippen MR) is 127 cm³/mol. The number of nitrogens with zero attached hydrogens (tertiary/aromatic N) is 2. The van der Waals surface area contributed by atoms with Crippen LogP contribution in [0.25, 0.3) is 0 Å². The van der Waals surface area contributed by atoms with E-state index in [0.29, 0.717) is 32.7 Å². The summed E-state index contributed by atoms with van der Waals surface area (Å²) in [6, 6.07) is -1.28. The number of ether oxygens (including phenoxy) is 2. The van der Waals surface area contributed by atoms with Gasteiger partial charge in [-0.05, 0) is 25.2 Å². The Balaban J connectivity index is 1.87. The number of esters is 1. The van der Waals surface area contributed by atoms with Crippen LogP contribution < -0.4 is 5.32 Å². The van der Waals surface area contributed by atoms with Crippen LogP contribution in [0.1, 0.15) is 34.1 Å². The second-order valence-corrected chi connectivity index (χ2v) is 9.77. The molecule has 192 valence electrons. The van der Waals surface area contributed by atoms with Gasteiger partial charge in [0.1, 0.15) is 6.04 Å². The molecular weight excluding hydrogens is 438 g/mol. The van der Waals surface area contributed by atoms with Gasteiger partial charge in [-0.25, -0.2) is 0 Å². The van der Waals surface area contributed by atoms with Gasteiger partial charge < -0.3 is 24.8 Å². The van der Waals surface area contributed by atoms with Crippen LogP contribution in [0.3, 0.4) is 0 Å². The van der Waals surface area contributed by atoms with Crippen LogP contribution in [0, 0.1) is 29.6 Å². The first-order valence-corrected chi connectivity index (χ1v) is 12.7. The van der Waals surface area contributed by atoms with Crippen molar-refractivity contribution in [3.05, 3.63) is 12.2 Å². The Kier molecular flexibility index (Phi) is 9.50. The molecule has 0 unspecified atom stereocenters. The number of fused-ring (bicyclic) bond motifs is 1. The Morgan fingerprint density at radius 1 is 1.24 bits per heavy atom. The van der Waals surface area contributed by atoms with E-state index in [9.17, 15) is 19.5 Å². The van der Waals surface area contributed by atoms with Gasteiger partial charge in [0, 0.05) is 32.1 Å². The van der Waals surface area contributed by atoms with Gasteiger partial charge in [-0.1, -0.05) is 32.9 Å². The van der Waals surface area contributed by atoms with Crippen molar-refractivity contribution in [2.75, 3.05) is 52.6 Å². The van der Waals surface area contributed by atoms with E-state index in [4.69, 9.17) is 9.47 Å². The van der Waals surface area contributed by atoms with E-state index in [1.54, 1.807) is 11.8 Å². The first-order valence-electron chi connectivity index (χ1n) is 12.7. The maximum absolute atomic E-state index is 13.8. The first-order chi connectivity index (χ1) is 16.3. The Labute approximate surface area is 202 Å². The molecule has 2 fully saturated rings. The average molecular weight is 480 g/mol. The van der Waals surface area contributed by atoms with Crippen molar-refractivity contribution in [1.82, 2.24) is 15.1 Å².